The molecule has 1 atom stereocenters. The zero-order valence-corrected chi connectivity index (χ0v) is 17.8. The van der Waals surface area contributed by atoms with Gasteiger partial charge in [0.05, 0.1) is 17.8 Å². The molecule has 0 unspecified atom stereocenters. The molecule has 2 amide bonds. The minimum atomic E-state index is -1.13. The highest BCUT2D eigenvalue weighted by molar-refractivity contribution is 7.14. The Labute approximate surface area is 181 Å². The summed E-state index contributed by atoms with van der Waals surface area (Å²) in [5.74, 6) is -2.02. The summed E-state index contributed by atoms with van der Waals surface area (Å²) in [7, 11) is 0. The van der Waals surface area contributed by atoms with E-state index in [9.17, 15) is 14.4 Å². The van der Waals surface area contributed by atoms with E-state index in [1.807, 2.05) is 30.3 Å². The van der Waals surface area contributed by atoms with Gasteiger partial charge < -0.3 is 15.8 Å². The molecule has 3 rings (SSSR count). The van der Waals surface area contributed by atoms with Crippen molar-refractivity contribution in [2.75, 3.05) is 5.32 Å². The van der Waals surface area contributed by atoms with Gasteiger partial charge in [0.1, 0.15) is 15.7 Å². The molecule has 1 aromatic carbocycles. The number of amides is 2. The molecular formula is C20H19ClN4O4S. The van der Waals surface area contributed by atoms with Crippen molar-refractivity contribution in [3.63, 3.8) is 0 Å². The Morgan fingerprint density at radius 3 is 2.63 bits per heavy atom. The molecule has 3 aromatic rings. The highest BCUT2D eigenvalue weighted by Gasteiger charge is 2.26. The van der Waals surface area contributed by atoms with Crippen LogP contribution >= 0.6 is 22.9 Å². The average Bonchev–Trinajstić information content (AvgIpc) is 3.26. The second kappa shape index (κ2) is 9.10. The highest BCUT2D eigenvalue weighted by atomic mass is 35.5. The van der Waals surface area contributed by atoms with Crippen LogP contribution in [0.25, 0.3) is 0 Å². The maximum absolute atomic E-state index is 12.6. The second-order valence-corrected chi connectivity index (χ2v) is 7.73. The highest BCUT2D eigenvalue weighted by Crippen LogP contribution is 2.24. The summed E-state index contributed by atoms with van der Waals surface area (Å²) in [4.78, 5) is 36.4. The summed E-state index contributed by atoms with van der Waals surface area (Å²) >= 11 is 7.50. The Morgan fingerprint density at radius 1 is 1.27 bits per heavy atom. The number of rotatable bonds is 7. The quantitative estimate of drug-likeness (QED) is 0.540. The molecule has 0 radical (unpaired) electrons. The van der Waals surface area contributed by atoms with E-state index in [-0.39, 0.29) is 16.3 Å². The van der Waals surface area contributed by atoms with Crippen LogP contribution in [0.3, 0.4) is 0 Å². The first-order valence-corrected chi connectivity index (χ1v) is 10.2. The number of ether oxygens (including phenoxy) is 1. The van der Waals surface area contributed by atoms with Crippen LogP contribution in [-0.2, 0) is 16.1 Å². The van der Waals surface area contributed by atoms with Crippen molar-refractivity contribution < 1.29 is 19.1 Å². The number of aryl methyl sites for hydroxylation is 1. The van der Waals surface area contributed by atoms with E-state index in [4.69, 9.17) is 22.1 Å². The number of carbonyl (C=O) groups excluding carboxylic acids is 3. The molecule has 156 valence electrons. The van der Waals surface area contributed by atoms with Crippen LogP contribution in [0.1, 0.15) is 38.9 Å². The number of nitrogens with one attached hydrogen (secondary N) is 1. The normalized spacial score (nSPS) is 11.7. The molecule has 0 saturated heterocycles. The van der Waals surface area contributed by atoms with Gasteiger partial charge in [0.25, 0.3) is 11.8 Å². The van der Waals surface area contributed by atoms with Crippen molar-refractivity contribution in [3.05, 3.63) is 69.3 Å². The predicted octanol–water partition coefficient (Wildman–Crippen LogP) is 3.24. The zero-order chi connectivity index (χ0) is 21.8. The molecule has 2 aromatic heterocycles. The molecule has 3 N–H and O–H groups in total. The second-order valence-electron chi connectivity index (χ2n) is 6.46. The lowest BCUT2D eigenvalue weighted by Gasteiger charge is -2.13. The summed E-state index contributed by atoms with van der Waals surface area (Å²) in [6.07, 6.45) is -1.13. The Morgan fingerprint density at radius 2 is 1.97 bits per heavy atom. The minimum absolute atomic E-state index is 0.0983. The third kappa shape index (κ3) is 4.69. The Kier molecular flexibility index (Phi) is 6.53. The fourth-order valence-corrected chi connectivity index (χ4v) is 3.84. The molecular weight excluding hydrogens is 428 g/mol. The molecule has 10 heteroatoms. The third-order valence-electron chi connectivity index (χ3n) is 4.27. The van der Waals surface area contributed by atoms with E-state index in [2.05, 4.69) is 10.4 Å². The average molecular weight is 447 g/mol. The fraction of sp³-hybridized carbons (Fsp3) is 0.200. The first kappa shape index (κ1) is 21.5. The molecule has 0 aliphatic carbocycles. The van der Waals surface area contributed by atoms with E-state index in [1.165, 1.54) is 17.7 Å². The van der Waals surface area contributed by atoms with E-state index in [1.54, 1.807) is 12.3 Å². The lowest BCUT2D eigenvalue weighted by atomic mass is 10.2. The third-order valence-corrected chi connectivity index (χ3v) is 5.48. The Bertz CT molecular complexity index is 1090. The van der Waals surface area contributed by atoms with Gasteiger partial charge in [0.15, 0.2) is 6.10 Å². The number of hydrogen-bond acceptors (Lipinski definition) is 6. The van der Waals surface area contributed by atoms with Crippen LogP contribution in [0.5, 0.6) is 0 Å². The van der Waals surface area contributed by atoms with Crippen molar-refractivity contribution in [1.82, 2.24) is 9.78 Å². The van der Waals surface area contributed by atoms with Gasteiger partial charge in [-0.05, 0) is 30.9 Å². The largest absolute Gasteiger partial charge is 0.449 e. The number of esters is 1. The van der Waals surface area contributed by atoms with Gasteiger partial charge in [-0.15, -0.1) is 11.3 Å². The summed E-state index contributed by atoms with van der Waals surface area (Å²) < 4.78 is 6.77. The van der Waals surface area contributed by atoms with E-state index in [0.29, 0.717) is 17.2 Å². The predicted molar refractivity (Wildman–Crippen MR) is 114 cm³/mol. The van der Waals surface area contributed by atoms with Gasteiger partial charge in [0, 0.05) is 0 Å². The van der Waals surface area contributed by atoms with Crippen molar-refractivity contribution in [2.24, 2.45) is 5.73 Å². The molecule has 0 aliphatic heterocycles. The molecule has 8 nitrogen and oxygen atoms in total. The number of hydrogen-bond donors (Lipinski definition) is 2. The standard InChI is InChI=1S/C20H19ClN4O4S/c1-11-15(16(21)25(24-11)10-13-6-4-3-5-7-13)20(28)29-12(2)18(27)23-19-14(17(22)26)8-9-30-19/h3-9,12H,10H2,1-2H3,(H2,22,26)(H,23,27)/t12-/m1/s1. The number of primary amides is 1. The smallest absolute Gasteiger partial charge is 0.343 e. The van der Waals surface area contributed by atoms with Crippen LogP contribution < -0.4 is 11.1 Å². The Hall–Kier alpha value is -3.17. The molecule has 30 heavy (non-hydrogen) atoms. The maximum atomic E-state index is 12.6. The lowest BCUT2D eigenvalue weighted by Crippen LogP contribution is -2.30. The van der Waals surface area contributed by atoms with Gasteiger partial charge in [-0.2, -0.15) is 5.10 Å². The molecule has 0 spiro atoms. The first-order chi connectivity index (χ1) is 14.3. The van der Waals surface area contributed by atoms with Crippen LogP contribution in [0.4, 0.5) is 5.00 Å². The van der Waals surface area contributed by atoms with Crippen LogP contribution in [0, 0.1) is 6.92 Å². The SMILES string of the molecule is Cc1nn(Cc2ccccc2)c(Cl)c1C(=O)O[C@H](C)C(=O)Nc1sccc1C(N)=O. The number of carbonyl (C=O) groups is 3. The molecule has 0 aliphatic rings. The monoisotopic (exact) mass is 446 g/mol. The fourth-order valence-electron chi connectivity index (χ4n) is 2.73. The molecule has 0 saturated carbocycles. The number of anilines is 1. The van der Waals surface area contributed by atoms with Crippen molar-refractivity contribution in [2.45, 2.75) is 26.5 Å². The summed E-state index contributed by atoms with van der Waals surface area (Å²) in [5.41, 5.74) is 6.91. The molecule has 0 bridgehead atoms. The van der Waals surface area contributed by atoms with Gasteiger partial charge in [-0.1, -0.05) is 41.9 Å². The summed E-state index contributed by atoms with van der Waals surface area (Å²) in [6, 6.07) is 11.0. The number of aromatic nitrogens is 2. The molecule has 2 heterocycles. The number of thiophene rings is 1. The number of nitrogens with zero attached hydrogens (tertiary/aromatic N) is 2. The summed E-state index contributed by atoms with van der Waals surface area (Å²) in [6.45, 7) is 3.44. The van der Waals surface area contributed by atoms with Gasteiger partial charge in [-0.25, -0.2) is 9.48 Å². The van der Waals surface area contributed by atoms with Gasteiger partial charge in [-0.3, -0.25) is 9.59 Å². The Balaban J connectivity index is 1.70. The van der Waals surface area contributed by atoms with E-state index < -0.39 is 23.9 Å². The topological polar surface area (TPSA) is 116 Å². The zero-order valence-electron chi connectivity index (χ0n) is 16.2. The number of nitrogens with two attached hydrogens (primary N) is 1. The molecule has 0 fully saturated rings. The minimum Gasteiger partial charge on any atom is -0.449 e. The summed E-state index contributed by atoms with van der Waals surface area (Å²) in [5, 5.41) is 8.89. The van der Waals surface area contributed by atoms with Crippen LogP contribution in [0.2, 0.25) is 5.15 Å². The van der Waals surface area contributed by atoms with Crippen molar-refractivity contribution in [1.29, 1.82) is 0 Å². The van der Waals surface area contributed by atoms with E-state index in [0.717, 1.165) is 16.9 Å². The van der Waals surface area contributed by atoms with Crippen molar-refractivity contribution in [3.8, 4) is 0 Å². The lowest BCUT2D eigenvalue weighted by molar-refractivity contribution is -0.123. The van der Waals surface area contributed by atoms with Gasteiger partial charge >= 0.3 is 5.97 Å². The van der Waals surface area contributed by atoms with Gasteiger partial charge in [0.2, 0.25) is 0 Å². The van der Waals surface area contributed by atoms with Crippen LogP contribution in [-0.4, -0.2) is 33.7 Å². The van der Waals surface area contributed by atoms with E-state index >= 15 is 0 Å². The maximum Gasteiger partial charge on any atom is 0.343 e. The first-order valence-electron chi connectivity index (χ1n) is 8.94. The van der Waals surface area contributed by atoms with Crippen molar-refractivity contribution >= 4 is 45.7 Å². The number of halogens is 1. The number of benzene rings is 1. The van der Waals surface area contributed by atoms with Crippen LogP contribution in [0.15, 0.2) is 41.8 Å².